The van der Waals surface area contributed by atoms with Crippen molar-refractivity contribution < 1.29 is 9.53 Å². The van der Waals surface area contributed by atoms with E-state index in [9.17, 15) is 4.79 Å². The van der Waals surface area contributed by atoms with Gasteiger partial charge < -0.3 is 10.1 Å². The number of likely N-dealkylation sites (tertiary alicyclic amines) is 1. The van der Waals surface area contributed by atoms with Gasteiger partial charge in [0.1, 0.15) is 5.75 Å². The summed E-state index contributed by atoms with van der Waals surface area (Å²) < 4.78 is 5.33. The first-order valence-corrected chi connectivity index (χ1v) is 11.0. The zero-order valence-corrected chi connectivity index (χ0v) is 17.4. The molecule has 0 spiro atoms. The van der Waals surface area contributed by atoms with E-state index >= 15 is 0 Å². The Bertz CT molecular complexity index is 812. The van der Waals surface area contributed by atoms with Crippen LogP contribution in [0.15, 0.2) is 48.5 Å². The standard InChI is InChI=1S/C25H32N2O2/c1-29-24-10-4-8-22(16-24)20-13-11-19(12-14-20)17-27-15-5-9-23(18-27)26-25(28)21-6-2-3-7-21/h4,8,10-14,16,21,23H,2-3,5-7,9,15,17-18H2,1H3,(H,26,28). The molecule has 2 fully saturated rings. The van der Waals surface area contributed by atoms with E-state index in [-0.39, 0.29) is 11.8 Å². The Hall–Kier alpha value is -2.33. The van der Waals surface area contributed by atoms with Crippen LogP contribution < -0.4 is 10.1 Å². The van der Waals surface area contributed by atoms with Crippen LogP contribution in [0.2, 0.25) is 0 Å². The van der Waals surface area contributed by atoms with E-state index in [1.54, 1.807) is 7.11 Å². The molecule has 4 heteroatoms. The van der Waals surface area contributed by atoms with E-state index in [1.807, 2.05) is 12.1 Å². The highest BCUT2D eigenvalue weighted by Gasteiger charge is 2.27. The van der Waals surface area contributed by atoms with Crippen molar-refractivity contribution in [1.29, 1.82) is 0 Å². The molecule has 1 saturated carbocycles. The number of hydrogen-bond acceptors (Lipinski definition) is 3. The van der Waals surface area contributed by atoms with Crippen LogP contribution in [0.4, 0.5) is 0 Å². The van der Waals surface area contributed by atoms with Crippen LogP contribution in [-0.4, -0.2) is 37.0 Å². The Labute approximate surface area is 174 Å². The highest BCUT2D eigenvalue weighted by Crippen LogP contribution is 2.26. The second kappa shape index (κ2) is 9.45. The zero-order chi connectivity index (χ0) is 20.1. The predicted molar refractivity (Wildman–Crippen MR) is 117 cm³/mol. The molecule has 1 N–H and O–H groups in total. The predicted octanol–water partition coefficient (Wildman–Crippen LogP) is 4.63. The van der Waals surface area contributed by atoms with Crippen LogP contribution in [0, 0.1) is 5.92 Å². The number of carbonyl (C=O) groups excluding carboxylic acids is 1. The van der Waals surface area contributed by atoms with Crippen molar-refractivity contribution in [1.82, 2.24) is 10.2 Å². The van der Waals surface area contributed by atoms with Gasteiger partial charge >= 0.3 is 0 Å². The number of benzene rings is 2. The number of carbonyl (C=O) groups is 1. The lowest BCUT2D eigenvalue weighted by atomic mass is 10.0. The van der Waals surface area contributed by atoms with Crippen molar-refractivity contribution in [2.75, 3.05) is 20.2 Å². The number of piperidine rings is 1. The lowest BCUT2D eigenvalue weighted by Crippen LogP contribution is -2.48. The molecule has 1 aliphatic carbocycles. The average Bonchev–Trinajstić information content (AvgIpc) is 3.30. The Morgan fingerprint density at radius 2 is 1.83 bits per heavy atom. The topological polar surface area (TPSA) is 41.6 Å². The summed E-state index contributed by atoms with van der Waals surface area (Å²) in [5.41, 5.74) is 3.69. The first kappa shape index (κ1) is 20.0. The molecule has 1 saturated heterocycles. The molecule has 1 heterocycles. The third kappa shape index (κ3) is 5.18. The van der Waals surface area contributed by atoms with E-state index in [0.29, 0.717) is 6.04 Å². The van der Waals surface area contributed by atoms with Crippen LogP contribution in [0.5, 0.6) is 5.75 Å². The highest BCUT2D eigenvalue weighted by atomic mass is 16.5. The Kier molecular flexibility index (Phi) is 6.50. The minimum Gasteiger partial charge on any atom is -0.497 e. The molecule has 0 bridgehead atoms. The lowest BCUT2D eigenvalue weighted by Gasteiger charge is -2.33. The number of rotatable bonds is 6. The van der Waals surface area contributed by atoms with Gasteiger partial charge in [0.2, 0.25) is 5.91 Å². The van der Waals surface area contributed by atoms with Crippen LogP contribution in [0.3, 0.4) is 0 Å². The maximum absolute atomic E-state index is 12.5. The first-order chi connectivity index (χ1) is 14.2. The molecule has 4 rings (SSSR count). The summed E-state index contributed by atoms with van der Waals surface area (Å²) in [7, 11) is 1.70. The maximum Gasteiger partial charge on any atom is 0.223 e. The van der Waals surface area contributed by atoms with Gasteiger partial charge in [0.25, 0.3) is 0 Å². The molecule has 154 valence electrons. The van der Waals surface area contributed by atoms with Crippen LogP contribution in [-0.2, 0) is 11.3 Å². The van der Waals surface area contributed by atoms with Crippen molar-refractivity contribution in [2.24, 2.45) is 5.92 Å². The van der Waals surface area contributed by atoms with Crippen LogP contribution in [0.1, 0.15) is 44.1 Å². The Morgan fingerprint density at radius 1 is 1.03 bits per heavy atom. The highest BCUT2D eigenvalue weighted by molar-refractivity contribution is 5.79. The van der Waals surface area contributed by atoms with Gasteiger partial charge in [-0.15, -0.1) is 0 Å². The Morgan fingerprint density at radius 3 is 2.59 bits per heavy atom. The fourth-order valence-corrected chi connectivity index (χ4v) is 4.69. The lowest BCUT2D eigenvalue weighted by molar-refractivity contribution is -0.125. The average molecular weight is 393 g/mol. The van der Waals surface area contributed by atoms with Gasteiger partial charge in [0.15, 0.2) is 0 Å². The summed E-state index contributed by atoms with van der Waals surface area (Å²) in [6, 6.07) is 17.3. The number of ether oxygens (including phenoxy) is 1. The molecule has 2 aliphatic rings. The minimum atomic E-state index is 0.259. The van der Waals surface area contributed by atoms with E-state index in [4.69, 9.17) is 4.74 Å². The molecule has 0 aromatic heterocycles. The molecule has 1 amide bonds. The number of amides is 1. The number of methoxy groups -OCH3 is 1. The molecule has 0 radical (unpaired) electrons. The van der Waals surface area contributed by atoms with Gasteiger partial charge in [-0.1, -0.05) is 49.2 Å². The summed E-state index contributed by atoms with van der Waals surface area (Å²) in [6.07, 6.45) is 6.81. The maximum atomic E-state index is 12.5. The zero-order valence-electron chi connectivity index (χ0n) is 17.4. The normalized spacial score (nSPS) is 20.5. The molecular formula is C25H32N2O2. The second-order valence-corrected chi connectivity index (χ2v) is 8.49. The summed E-state index contributed by atoms with van der Waals surface area (Å²) in [4.78, 5) is 14.9. The van der Waals surface area contributed by atoms with Crippen LogP contribution >= 0.6 is 0 Å². The number of nitrogens with one attached hydrogen (secondary N) is 1. The van der Waals surface area contributed by atoms with Crippen molar-refractivity contribution in [3.8, 4) is 16.9 Å². The van der Waals surface area contributed by atoms with E-state index < -0.39 is 0 Å². The van der Waals surface area contributed by atoms with Gasteiger partial charge in [0.05, 0.1) is 7.11 Å². The molecule has 1 atom stereocenters. The van der Waals surface area contributed by atoms with E-state index in [0.717, 1.165) is 51.1 Å². The summed E-state index contributed by atoms with van der Waals surface area (Å²) in [5, 5.41) is 3.33. The molecule has 4 nitrogen and oxygen atoms in total. The molecule has 2 aromatic carbocycles. The van der Waals surface area contributed by atoms with Gasteiger partial charge in [-0.3, -0.25) is 9.69 Å². The molecule has 1 aliphatic heterocycles. The smallest absolute Gasteiger partial charge is 0.223 e. The van der Waals surface area contributed by atoms with Gasteiger partial charge in [0, 0.05) is 25.0 Å². The minimum absolute atomic E-state index is 0.259. The fourth-order valence-electron chi connectivity index (χ4n) is 4.69. The Balaban J connectivity index is 1.33. The molecule has 2 aromatic rings. The quantitative estimate of drug-likeness (QED) is 0.779. The third-order valence-electron chi connectivity index (χ3n) is 6.34. The van der Waals surface area contributed by atoms with Gasteiger partial charge in [-0.25, -0.2) is 0 Å². The summed E-state index contributed by atoms with van der Waals surface area (Å²) in [5.74, 6) is 1.43. The van der Waals surface area contributed by atoms with Gasteiger partial charge in [-0.2, -0.15) is 0 Å². The number of nitrogens with zero attached hydrogens (tertiary/aromatic N) is 1. The largest absolute Gasteiger partial charge is 0.497 e. The van der Waals surface area contributed by atoms with Crippen LogP contribution in [0.25, 0.3) is 11.1 Å². The second-order valence-electron chi connectivity index (χ2n) is 8.49. The SMILES string of the molecule is COc1cccc(-c2ccc(CN3CCCC(NC(=O)C4CCCC4)C3)cc2)c1. The number of hydrogen-bond donors (Lipinski definition) is 1. The van der Waals surface area contributed by atoms with Crippen molar-refractivity contribution in [3.63, 3.8) is 0 Å². The van der Waals surface area contributed by atoms with Crippen molar-refractivity contribution in [2.45, 2.75) is 51.1 Å². The van der Waals surface area contributed by atoms with E-state index in [1.165, 1.54) is 29.5 Å². The van der Waals surface area contributed by atoms with Crippen molar-refractivity contribution >= 4 is 5.91 Å². The fraction of sp³-hybridized carbons (Fsp3) is 0.480. The molecular weight excluding hydrogens is 360 g/mol. The van der Waals surface area contributed by atoms with Gasteiger partial charge in [-0.05, 0) is 61.1 Å². The van der Waals surface area contributed by atoms with E-state index in [2.05, 4.69) is 46.6 Å². The van der Waals surface area contributed by atoms with Crippen molar-refractivity contribution in [3.05, 3.63) is 54.1 Å². The monoisotopic (exact) mass is 392 g/mol. The molecule has 1 unspecified atom stereocenters. The molecule has 29 heavy (non-hydrogen) atoms. The first-order valence-electron chi connectivity index (χ1n) is 11.0. The third-order valence-corrected chi connectivity index (χ3v) is 6.34. The summed E-state index contributed by atoms with van der Waals surface area (Å²) in [6.45, 7) is 3.00. The summed E-state index contributed by atoms with van der Waals surface area (Å²) >= 11 is 0.